The fraction of sp³-hybridized carbons (Fsp3) is 0.647. The summed E-state index contributed by atoms with van der Waals surface area (Å²) in [6, 6.07) is 6.42. The van der Waals surface area contributed by atoms with Crippen molar-refractivity contribution in [1.82, 2.24) is 4.90 Å². The van der Waals surface area contributed by atoms with E-state index in [4.69, 9.17) is 10.5 Å². The zero-order valence-corrected chi connectivity index (χ0v) is 14.9. The Morgan fingerprint density at radius 2 is 2.10 bits per heavy atom. The molecular formula is C17H27BrN2O. The lowest BCUT2D eigenvalue weighted by Gasteiger charge is -2.31. The van der Waals surface area contributed by atoms with Gasteiger partial charge in [-0.15, -0.1) is 0 Å². The van der Waals surface area contributed by atoms with E-state index in [1.165, 1.54) is 24.8 Å². The number of ether oxygens (including phenoxy) is 1. The van der Waals surface area contributed by atoms with Crippen LogP contribution in [-0.2, 0) is 0 Å². The van der Waals surface area contributed by atoms with Gasteiger partial charge >= 0.3 is 0 Å². The SMILES string of the molecule is CCC1(CC)CCN(C(CN)c2cc(Br)ccc2OC)C1. The molecule has 21 heavy (non-hydrogen) atoms. The van der Waals surface area contributed by atoms with Crippen molar-refractivity contribution in [3.63, 3.8) is 0 Å². The van der Waals surface area contributed by atoms with E-state index in [1.54, 1.807) is 7.11 Å². The second-order valence-corrected chi connectivity index (χ2v) is 6.98. The van der Waals surface area contributed by atoms with Crippen LogP contribution < -0.4 is 10.5 Å². The summed E-state index contributed by atoms with van der Waals surface area (Å²) in [6.45, 7) is 7.50. The number of nitrogens with zero attached hydrogens (tertiary/aromatic N) is 1. The van der Waals surface area contributed by atoms with Crippen molar-refractivity contribution >= 4 is 15.9 Å². The summed E-state index contributed by atoms with van der Waals surface area (Å²) in [5.74, 6) is 0.930. The van der Waals surface area contributed by atoms with Gasteiger partial charge in [-0.05, 0) is 49.4 Å². The third kappa shape index (κ3) is 3.43. The number of hydrogen-bond acceptors (Lipinski definition) is 3. The zero-order chi connectivity index (χ0) is 15.5. The zero-order valence-electron chi connectivity index (χ0n) is 13.4. The van der Waals surface area contributed by atoms with Crippen molar-refractivity contribution in [2.45, 2.75) is 39.2 Å². The molecule has 1 atom stereocenters. The Morgan fingerprint density at radius 3 is 2.62 bits per heavy atom. The predicted molar refractivity (Wildman–Crippen MR) is 91.7 cm³/mol. The van der Waals surface area contributed by atoms with Gasteiger partial charge in [-0.2, -0.15) is 0 Å². The minimum atomic E-state index is 0.234. The van der Waals surface area contributed by atoms with Gasteiger partial charge in [-0.3, -0.25) is 4.90 Å². The van der Waals surface area contributed by atoms with Crippen LogP contribution in [0.25, 0.3) is 0 Å². The van der Waals surface area contributed by atoms with Crippen molar-refractivity contribution in [3.05, 3.63) is 28.2 Å². The summed E-state index contributed by atoms with van der Waals surface area (Å²) in [5, 5.41) is 0. The van der Waals surface area contributed by atoms with E-state index >= 15 is 0 Å². The first-order valence-corrected chi connectivity index (χ1v) is 8.66. The van der Waals surface area contributed by atoms with Crippen LogP contribution >= 0.6 is 15.9 Å². The van der Waals surface area contributed by atoms with E-state index in [0.29, 0.717) is 12.0 Å². The highest BCUT2D eigenvalue weighted by molar-refractivity contribution is 9.10. The molecule has 118 valence electrons. The average molecular weight is 355 g/mol. The first-order chi connectivity index (χ1) is 10.1. The standard InChI is InChI=1S/C17H27BrN2O/c1-4-17(5-2)8-9-20(12-17)15(11-19)14-10-13(18)6-7-16(14)21-3/h6-7,10,15H,4-5,8-9,11-12,19H2,1-3H3. The molecule has 0 radical (unpaired) electrons. The number of methoxy groups -OCH3 is 1. The molecule has 1 fully saturated rings. The van der Waals surface area contributed by atoms with Crippen LogP contribution in [0.2, 0.25) is 0 Å². The molecule has 0 spiro atoms. The van der Waals surface area contributed by atoms with Gasteiger partial charge in [0, 0.05) is 23.1 Å². The number of likely N-dealkylation sites (tertiary alicyclic amines) is 1. The van der Waals surface area contributed by atoms with Gasteiger partial charge in [-0.25, -0.2) is 0 Å². The van der Waals surface area contributed by atoms with E-state index in [1.807, 2.05) is 12.1 Å². The Hall–Kier alpha value is -0.580. The molecule has 1 unspecified atom stereocenters. The number of halogens is 1. The van der Waals surface area contributed by atoms with Gasteiger partial charge in [0.25, 0.3) is 0 Å². The summed E-state index contributed by atoms with van der Waals surface area (Å²) in [7, 11) is 1.73. The monoisotopic (exact) mass is 354 g/mol. The molecule has 1 aromatic carbocycles. The quantitative estimate of drug-likeness (QED) is 0.839. The van der Waals surface area contributed by atoms with Crippen LogP contribution in [0.4, 0.5) is 0 Å². The molecule has 1 heterocycles. The Balaban J connectivity index is 2.27. The largest absolute Gasteiger partial charge is 0.496 e. The number of hydrogen-bond donors (Lipinski definition) is 1. The van der Waals surface area contributed by atoms with Crippen molar-refractivity contribution < 1.29 is 4.74 Å². The minimum Gasteiger partial charge on any atom is -0.496 e. The van der Waals surface area contributed by atoms with Crippen molar-refractivity contribution in [2.24, 2.45) is 11.1 Å². The second kappa shape index (κ2) is 7.12. The summed E-state index contributed by atoms with van der Waals surface area (Å²) in [5.41, 5.74) is 7.77. The Labute approximate surface area is 137 Å². The van der Waals surface area contributed by atoms with Gasteiger partial charge < -0.3 is 10.5 Å². The Kier molecular flexibility index (Phi) is 5.69. The van der Waals surface area contributed by atoms with Crippen LogP contribution in [-0.4, -0.2) is 31.6 Å². The lowest BCUT2D eigenvalue weighted by molar-refractivity contribution is 0.195. The van der Waals surface area contributed by atoms with Gasteiger partial charge in [0.15, 0.2) is 0 Å². The second-order valence-electron chi connectivity index (χ2n) is 6.07. The maximum atomic E-state index is 6.12. The number of rotatable bonds is 6. The van der Waals surface area contributed by atoms with E-state index in [-0.39, 0.29) is 6.04 Å². The number of nitrogens with two attached hydrogens (primary N) is 1. The molecule has 2 rings (SSSR count). The minimum absolute atomic E-state index is 0.234. The molecule has 1 aromatic rings. The molecule has 0 saturated carbocycles. The highest BCUT2D eigenvalue weighted by Crippen LogP contribution is 2.42. The lowest BCUT2D eigenvalue weighted by Crippen LogP contribution is -2.34. The lowest BCUT2D eigenvalue weighted by atomic mass is 9.82. The maximum absolute atomic E-state index is 6.12. The molecular weight excluding hydrogens is 328 g/mol. The maximum Gasteiger partial charge on any atom is 0.123 e. The summed E-state index contributed by atoms with van der Waals surface area (Å²) in [6.07, 6.45) is 3.76. The molecule has 1 aliphatic rings. The molecule has 4 heteroatoms. The van der Waals surface area contributed by atoms with E-state index in [2.05, 4.69) is 40.7 Å². The van der Waals surface area contributed by atoms with Gasteiger partial charge in [0.05, 0.1) is 13.2 Å². The molecule has 3 nitrogen and oxygen atoms in total. The highest BCUT2D eigenvalue weighted by Gasteiger charge is 2.38. The van der Waals surface area contributed by atoms with E-state index in [9.17, 15) is 0 Å². The van der Waals surface area contributed by atoms with Gasteiger partial charge in [0.2, 0.25) is 0 Å². The summed E-state index contributed by atoms with van der Waals surface area (Å²) < 4.78 is 6.62. The average Bonchev–Trinajstić information content (AvgIpc) is 2.93. The van der Waals surface area contributed by atoms with Crippen LogP contribution in [0.15, 0.2) is 22.7 Å². The molecule has 0 aromatic heterocycles. The van der Waals surface area contributed by atoms with Crippen molar-refractivity contribution in [2.75, 3.05) is 26.7 Å². The molecule has 2 N–H and O–H groups in total. The van der Waals surface area contributed by atoms with Crippen LogP contribution in [0.5, 0.6) is 5.75 Å². The van der Waals surface area contributed by atoms with Gasteiger partial charge in [0.1, 0.15) is 5.75 Å². The van der Waals surface area contributed by atoms with Crippen LogP contribution in [0, 0.1) is 5.41 Å². The van der Waals surface area contributed by atoms with Crippen LogP contribution in [0.1, 0.15) is 44.7 Å². The van der Waals surface area contributed by atoms with Gasteiger partial charge in [-0.1, -0.05) is 29.8 Å². The highest BCUT2D eigenvalue weighted by atomic mass is 79.9. The Morgan fingerprint density at radius 1 is 1.38 bits per heavy atom. The molecule has 1 saturated heterocycles. The molecule has 1 aliphatic heterocycles. The third-order valence-electron chi connectivity index (χ3n) is 5.18. The normalized spacial score (nSPS) is 19.7. The topological polar surface area (TPSA) is 38.5 Å². The van der Waals surface area contributed by atoms with E-state index in [0.717, 1.165) is 23.3 Å². The van der Waals surface area contributed by atoms with Crippen molar-refractivity contribution in [1.29, 1.82) is 0 Å². The first-order valence-electron chi connectivity index (χ1n) is 7.86. The predicted octanol–water partition coefficient (Wildman–Crippen LogP) is 3.97. The summed E-state index contributed by atoms with van der Waals surface area (Å²) in [4.78, 5) is 2.54. The smallest absolute Gasteiger partial charge is 0.123 e. The molecule has 0 aliphatic carbocycles. The summed E-state index contributed by atoms with van der Waals surface area (Å²) >= 11 is 3.57. The third-order valence-corrected chi connectivity index (χ3v) is 5.68. The fourth-order valence-electron chi connectivity index (χ4n) is 3.50. The fourth-order valence-corrected chi connectivity index (χ4v) is 3.88. The van der Waals surface area contributed by atoms with Crippen molar-refractivity contribution in [3.8, 4) is 5.75 Å². The van der Waals surface area contributed by atoms with Crippen LogP contribution in [0.3, 0.4) is 0 Å². The number of benzene rings is 1. The molecule has 0 bridgehead atoms. The Bertz CT molecular complexity index is 474. The first kappa shape index (κ1) is 16.8. The van der Waals surface area contributed by atoms with E-state index < -0.39 is 0 Å². The molecule has 0 amide bonds.